The van der Waals surface area contributed by atoms with Crippen LogP contribution in [0.15, 0.2) is 65.1 Å². The van der Waals surface area contributed by atoms with Crippen molar-refractivity contribution in [1.29, 1.82) is 0 Å². The topological polar surface area (TPSA) is 33.5 Å². The third-order valence-corrected chi connectivity index (χ3v) is 5.34. The fourth-order valence-corrected chi connectivity index (χ4v) is 3.95. The first kappa shape index (κ1) is 16.9. The average molecular weight is 347 g/mol. The molecule has 134 valence electrons. The molecule has 1 aromatic heterocycles. The Morgan fingerprint density at radius 2 is 1.69 bits per heavy atom. The summed E-state index contributed by atoms with van der Waals surface area (Å²) in [5.41, 5.74) is 1.93. The lowest BCUT2D eigenvalue weighted by Gasteiger charge is -2.29. The Hall–Kier alpha value is -2.55. The predicted octanol–water partition coefficient (Wildman–Crippen LogP) is 5.66. The van der Waals surface area contributed by atoms with Gasteiger partial charge >= 0.3 is 0 Å². The Kier molecular flexibility index (Phi) is 5.05. The van der Waals surface area contributed by atoms with Crippen molar-refractivity contribution < 1.29 is 9.21 Å². The van der Waals surface area contributed by atoms with Crippen LogP contribution in [0.3, 0.4) is 0 Å². The van der Waals surface area contributed by atoms with E-state index in [2.05, 4.69) is 12.1 Å². The summed E-state index contributed by atoms with van der Waals surface area (Å²) < 4.78 is 5.85. The maximum Gasteiger partial charge on any atom is 0.289 e. The summed E-state index contributed by atoms with van der Waals surface area (Å²) in [4.78, 5) is 15.2. The smallest absolute Gasteiger partial charge is 0.289 e. The van der Waals surface area contributed by atoms with E-state index in [0.717, 1.165) is 23.1 Å². The quantitative estimate of drug-likeness (QED) is 0.597. The molecule has 3 heteroatoms. The van der Waals surface area contributed by atoms with Crippen LogP contribution in [0.25, 0.3) is 11.0 Å². The molecule has 1 saturated carbocycles. The number of para-hydroxylation sites is 1. The number of hydrogen-bond acceptors (Lipinski definition) is 2. The van der Waals surface area contributed by atoms with Crippen LogP contribution in [0, 0.1) is 5.92 Å². The molecular formula is C23H25NO2. The predicted molar refractivity (Wildman–Crippen MR) is 104 cm³/mol. The first-order valence-electron chi connectivity index (χ1n) is 9.61. The van der Waals surface area contributed by atoms with Crippen LogP contribution in [0.1, 0.15) is 48.2 Å². The Balaban J connectivity index is 1.58. The highest BCUT2D eigenvalue weighted by atomic mass is 16.3. The molecule has 0 N–H and O–H groups in total. The minimum Gasteiger partial charge on any atom is -0.451 e. The molecule has 4 rings (SSSR count). The molecule has 1 fully saturated rings. The molecular weight excluding hydrogens is 322 g/mol. The van der Waals surface area contributed by atoms with Gasteiger partial charge in [-0.3, -0.25) is 4.79 Å². The molecule has 0 atom stereocenters. The molecule has 0 unspecified atom stereocenters. The standard InChI is InChI=1S/C23H25NO2/c25-23(22-15-20-13-7-8-14-21(20)26-22)24(16-18-9-3-1-4-10-18)17-19-11-5-2-6-12-19/h1,3-4,7-10,13-15,19H,2,5-6,11-12,16-17H2. The van der Waals surface area contributed by atoms with Gasteiger partial charge in [-0.2, -0.15) is 0 Å². The van der Waals surface area contributed by atoms with Gasteiger partial charge in [0.1, 0.15) is 5.58 Å². The molecule has 0 aliphatic heterocycles. The molecule has 3 aromatic rings. The normalized spacial score (nSPS) is 15.2. The fourth-order valence-electron chi connectivity index (χ4n) is 3.95. The van der Waals surface area contributed by atoms with Gasteiger partial charge in [0, 0.05) is 18.5 Å². The summed E-state index contributed by atoms with van der Waals surface area (Å²) in [6.45, 7) is 1.44. The van der Waals surface area contributed by atoms with Crippen LogP contribution in [-0.2, 0) is 6.54 Å². The van der Waals surface area contributed by atoms with E-state index in [1.165, 1.54) is 32.1 Å². The van der Waals surface area contributed by atoms with E-state index in [9.17, 15) is 4.79 Å². The molecule has 1 heterocycles. The van der Waals surface area contributed by atoms with Crippen molar-refractivity contribution in [2.75, 3.05) is 6.54 Å². The highest BCUT2D eigenvalue weighted by molar-refractivity contribution is 5.96. The maximum absolute atomic E-state index is 13.2. The Morgan fingerprint density at radius 3 is 2.46 bits per heavy atom. The van der Waals surface area contributed by atoms with Crippen LogP contribution in [0.2, 0.25) is 0 Å². The Morgan fingerprint density at radius 1 is 0.962 bits per heavy atom. The second kappa shape index (κ2) is 7.77. The van der Waals surface area contributed by atoms with Crippen LogP contribution < -0.4 is 0 Å². The number of carbonyl (C=O) groups excluding carboxylic acids is 1. The molecule has 1 aliphatic rings. The van der Waals surface area contributed by atoms with Gasteiger partial charge < -0.3 is 9.32 Å². The zero-order valence-electron chi connectivity index (χ0n) is 15.1. The number of rotatable bonds is 5. The number of hydrogen-bond donors (Lipinski definition) is 0. The van der Waals surface area contributed by atoms with E-state index >= 15 is 0 Å². The van der Waals surface area contributed by atoms with Crippen molar-refractivity contribution in [1.82, 2.24) is 4.90 Å². The molecule has 0 radical (unpaired) electrons. The van der Waals surface area contributed by atoms with Crippen LogP contribution in [0.5, 0.6) is 0 Å². The largest absolute Gasteiger partial charge is 0.451 e. The first-order valence-corrected chi connectivity index (χ1v) is 9.61. The van der Waals surface area contributed by atoms with E-state index in [0.29, 0.717) is 18.2 Å². The molecule has 1 amide bonds. The van der Waals surface area contributed by atoms with E-state index in [1.807, 2.05) is 53.4 Å². The van der Waals surface area contributed by atoms with Gasteiger partial charge in [0.15, 0.2) is 5.76 Å². The molecule has 0 bridgehead atoms. The first-order chi connectivity index (χ1) is 12.8. The summed E-state index contributed by atoms with van der Waals surface area (Å²) >= 11 is 0. The zero-order chi connectivity index (χ0) is 17.8. The second-order valence-corrected chi connectivity index (χ2v) is 7.32. The van der Waals surface area contributed by atoms with Crippen molar-refractivity contribution >= 4 is 16.9 Å². The lowest BCUT2D eigenvalue weighted by Crippen LogP contribution is -2.35. The number of furan rings is 1. The van der Waals surface area contributed by atoms with Gasteiger partial charge in [0.05, 0.1) is 0 Å². The van der Waals surface area contributed by atoms with Crippen molar-refractivity contribution in [2.45, 2.75) is 38.6 Å². The summed E-state index contributed by atoms with van der Waals surface area (Å²) in [5.74, 6) is 1.04. The SMILES string of the molecule is O=C(c1cc2ccccc2o1)N(Cc1ccccc1)CC1CCCCC1. The van der Waals surface area contributed by atoms with Crippen molar-refractivity contribution in [3.63, 3.8) is 0 Å². The average Bonchev–Trinajstić information content (AvgIpc) is 3.13. The second-order valence-electron chi connectivity index (χ2n) is 7.32. The molecule has 0 saturated heterocycles. The third kappa shape index (κ3) is 3.82. The van der Waals surface area contributed by atoms with Gasteiger partial charge in [-0.15, -0.1) is 0 Å². The lowest BCUT2D eigenvalue weighted by atomic mass is 9.89. The molecule has 0 spiro atoms. The van der Waals surface area contributed by atoms with Crippen molar-refractivity contribution in [3.05, 3.63) is 72.0 Å². The highest BCUT2D eigenvalue weighted by Gasteiger charge is 2.24. The number of nitrogens with zero attached hydrogens (tertiary/aromatic N) is 1. The lowest BCUT2D eigenvalue weighted by molar-refractivity contribution is 0.0669. The summed E-state index contributed by atoms with van der Waals surface area (Å²) in [6.07, 6.45) is 6.33. The fraction of sp³-hybridized carbons (Fsp3) is 0.348. The van der Waals surface area contributed by atoms with E-state index in [-0.39, 0.29) is 5.91 Å². The van der Waals surface area contributed by atoms with E-state index in [1.54, 1.807) is 0 Å². The van der Waals surface area contributed by atoms with Gasteiger partial charge in [-0.1, -0.05) is 67.8 Å². The van der Waals surface area contributed by atoms with Gasteiger partial charge in [-0.05, 0) is 36.5 Å². The summed E-state index contributed by atoms with van der Waals surface area (Å²) in [5, 5.41) is 0.980. The number of carbonyl (C=O) groups is 1. The Bertz CT molecular complexity index is 829. The van der Waals surface area contributed by atoms with Crippen LogP contribution in [0.4, 0.5) is 0 Å². The summed E-state index contributed by atoms with van der Waals surface area (Å²) in [7, 11) is 0. The van der Waals surface area contributed by atoms with Gasteiger partial charge in [0.2, 0.25) is 0 Å². The van der Waals surface area contributed by atoms with Crippen molar-refractivity contribution in [2.24, 2.45) is 5.92 Å². The number of fused-ring (bicyclic) bond motifs is 1. The molecule has 3 nitrogen and oxygen atoms in total. The number of amides is 1. The highest BCUT2D eigenvalue weighted by Crippen LogP contribution is 2.27. The third-order valence-electron chi connectivity index (χ3n) is 5.34. The van der Waals surface area contributed by atoms with Crippen LogP contribution in [-0.4, -0.2) is 17.4 Å². The van der Waals surface area contributed by atoms with Crippen molar-refractivity contribution in [3.8, 4) is 0 Å². The maximum atomic E-state index is 13.2. The molecule has 2 aromatic carbocycles. The summed E-state index contributed by atoms with van der Waals surface area (Å²) in [6, 6.07) is 19.9. The number of benzene rings is 2. The van der Waals surface area contributed by atoms with Crippen LogP contribution >= 0.6 is 0 Å². The molecule has 1 aliphatic carbocycles. The monoisotopic (exact) mass is 347 g/mol. The van der Waals surface area contributed by atoms with Gasteiger partial charge in [-0.25, -0.2) is 0 Å². The zero-order valence-corrected chi connectivity index (χ0v) is 15.1. The van der Waals surface area contributed by atoms with E-state index < -0.39 is 0 Å². The van der Waals surface area contributed by atoms with E-state index in [4.69, 9.17) is 4.42 Å². The Labute approximate surface area is 154 Å². The van der Waals surface area contributed by atoms with Gasteiger partial charge in [0.25, 0.3) is 5.91 Å². The minimum atomic E-state index is -0.00405. The minimum absolute atomic E-state index is 0.00405. The molecule has 26 heavy (non-hydrogen) atoms.